The van der Waals surface area contributed by atoms with E-state index in [1.54, 1.807) is 12.1 Å². The van der Waals surface area contributed by atoms with Gasteiger partial charge in [0.1, 0.15) is 12.1 Å². The van der Waals surface area contributed by atoms with E-state index in [4.69, 9.17) is 4.74 Å². The van der Waals surface area contributed by atoms with Gasteiger partial charge in [-0.3, -0.25) is 9.59 Å². The predicted molar refractivity (Wildman–Crippen MR) is 145 cm³/mol. The number of nitriles is 1. The Balaban J connectivity index is 1.39. The maximum absolute atomic E-state index is 13.2. The highest BCUT2D eigenvalue weighted by atomic mass is 32.2. The van der Waals surface area contributed by atoms with E-state index in [1.165, 1.54) is 27.8 Å². The highest BCUT2D eigenvalue weighted by molar-refractivity contribution is 7.89. The molecule has 1 fully saturated rings. The molecule has 1 aliphatic heterocycles. The Morgan fingerprint density at radius 1 is 1.18 bits per heavy atom. The van der Waals surface area contributed by atoms with E-state index >= 15 is 0 Å². The normalized spacial score (nSPS) is 17.2. The molecule has 0 spiro atoms. The van der Waals surface area contributed by atoms with Crippen molar-refractivity contribution in [2.45, 2.75) is 37.3 Å². The minimum atomic E-state index is -3.90. The minimum Gasteiger partial charge on any atom is -0.374 e. The van der Waals surface area contributed by atoms with Crippen LogP contribution in [0.5, 0.6) is 0 Å². The number of hydrogen-bond donors (Lipinski definition) is 2. The van der Waals surface area contributed by atoms with Gasteiger partial charge in [0.2, 0.25) is 15.9 Å². The number of carbonyl (C=O) groups excluding carboxylic acids is 2. The monoisotopic (exact) mass is 554 g/mol. The Morgan fingerprint density at radius 3 is 2.66 bits per heavy atom. The van der Waals surface area contributed by atoms with Gasteiger partial charge in [-0.25, -0.2) is 8.42 Å². The predicted octanol–water partition coefficient (Wildman–Crippen LogP) is 3.12. The second-order valence-corrected chi connectivity index (χ2v) is 12.5. The molecule has 2 atom stereocenters. The van der Waals surface area contributed by atoms with Gasteiger partial charge in [-0.15, -0.1) is 11.3 Å². The molecule has 0 bridgehead atoms. The first kappa shape index (κ1) is 27.7. The third-order valence-electron chi connectivity index (χ3n) is 6.21. The van der Waals surface area contributed by atoms with Gasteiger partial charge in [0.15, 0.2) is 0 Å². The topological polar surface area (TPSA) is 129 Å². The number of amides is 2. The molecule has 38 heavy (non-hydrogen) atoms. The molecule has 0 saturated carbocycles. The standard InChI is InChI=1S/C27H30N4O5S2/c1-18(2)13-22(30-27(33)24-14-19-7-3-5-9-23(19)37-24)26(32)29-16-21-17-31(11-12-36-21)38(34,35)25-10-6-4-8-20(25)15-28/h3-10,14,18,21-22H,11-13,16-17H2,1-2H3,(H,29,32)(H,30,33)/t21-,22-/m0/s1. The zero-order valence-corrected chi connectivity index (χ0v) is 22.8. The minimum absolute atomic E-state index is 0.0331. The van der Waals surface area contributed by atoms with Crippen LogP contribution in [0.4, 0.5) is 0 Å². The van der Waals surface area contributed by atoms with Crippen molar-refractivity contribution < 1.29 is 22.7 Å². The number of thiophene rings is 1. The Kier molecular flexibility index (Phi) is 8.79. The molecule has 2 aromatic carbocycles. The fourth-order valence-electron chi connectivity index (χ4n) is 4.32. The van der Waals surface area contributed by atoms with Crippen molar-refractivity contribution >= 4 is 43.3 Å². The molecule has 1 aliphatic rings. The van der Waals surface area contributed by atoms with Gasteiger partial charge in [-0.1, -0.05) is 44.2 Å². The number of carbonyl (C=O) groups is 2. The van der Waals surface area contributed by atoms with E-state index in [9.17, 15) is 23.3 Å². The maximum atomic E-state index is 13.2. The lowest BCUT2D eigenvalue weighted by Crippen LogP contribution is -2.52. The number of benzene rings is 2. The summed E-state index contributed by atoms with van der Waals surface area (Å²) >= 11 is 1.37. The molecule has 0 aliphatic carbocycles. The van der Waals surface area contributed by atoms with Crippen molar-refractivity contribution in [2.75, 3.05) is 26.2 Å². The van der Waals surface area contributed by atoms with Crippen LogP contribution in [0.15, 0.2) is 59.5 Å². The summed E-state index contributed by atoms with van der Waals surface area (Å²) in [5, 5.41) is 16.0. The molecule has 11 heteroatoms. The smallest absolute Gasteiger partial charge is 0.262 e. The molecule has 2 heterocycles. The lowest BCUT2D eigenvalue weighted by atomic mass is 10.0. The van der Waals surface area contributed by atoms with E-state index in [0.717, 1.165) is 10.1 Å². The van der Waals surface area contributed by atoms with Gasteiger partial charge in [0.25, 0.3) is 5.91 Å². The number of nitrogens with one attached hydrogen (secondary N) is 2. The molecule has 0 radical (unpaired) electrons. The average Bonchev–Trinajstić information content (AvgIpc) is 3.36. The Morgan fingerprint density at radius 2 is 1.92 bits per heavy atom. The Labute approximate surface area is 226 Å². The summed E-state index contributed by atoms with van der Waals surface area (Å²) in [6, 6.07) is 16.8. The Bertz CT molecular complexity index is 1430. The van der Waals surface area contributed by atoms with Crippen LogP contribution in [0.2, 0.25) is 0 Å². The van der Waals surface area contributed by atoms with E-state index in [0.29, 0.717) is 11.3 Å². The summed E-state index contributed by atoms with van der Waals surface area (Å²) in [7, 11) is -3.90. The van der Waals surface area contributed by atoms with E-state index < -0.39 is 22.2 Å². The number of sulfonamides is 1. The van der Waals surface area contributed by atoms with E-state index in [-0.39, 0.29) is 54.4 Å². The van der Waals surface area contributed by atoms with Crippen LogP contribution >= 0.6 is 11.3 Å². The van der Waals surface area contributed by atoms with Gasteiger partial charge in [0, 0.05) is 24.3 Å². The van der Waals surface area contributed by atoms with Crippen molar-refractivity contribution in [2.24, 2.45) is 5.92 Å². The average molecular weight is 555 g/mol. The molecule has 0 unspecified atom stereocenters. The van der Waals surface area contributed by atoms with Crippen LogP contribution in [-0.4, -0.2) is 62.9 Å². The molecule has 2 amide bonds. The summed E-state index contributed by atoms with van der Waals surface area (Å²) in [5.41, 5.74) is 0.0785. The zero-order chi connectivity index (χ0) is 27.3. The van der Waals surface area contributed by atoms with Gasteiger partial charge in [-0.05, 0) is 42.0 Å². The molecule has 4 rings (SSSR count). The molecule has 1 aromatic heterocycles. The van der Waals surface area contributed by atoms with Gasteiger partial charge in [0.05, 0.1) is 28.0 Å². The third kappa shape index (κ3) is 6.39. The fraction of sp³-hybridized carbons (Fsp3) is 0.370. The second-order valence-electron chi connectivity index (χ2n) is 9.51. The molecule has 2 N–H and O–H groups in total. The summed E-state index contributed by atoms with van der Waals surface area (Å²) < 4.78 is 34.4. The van der Waals surface area contributed by atoms with Crippen LogP contribution < -0.4 is 10.6 Å². The van der Waals surface area contributed by atoms with Crippen LogP contribution in [0.25, 0.3) is 10.1 Å². The summed E-state index contributed by atoms with van der Waals surface area (Å²) in [6.45, 7) is 4.36. The van der Waals surface area contributed by atoms with Crippen molar-refractivity contribution in [3.8, 4) is 6.07 Å². The number of rotatable bonds is 9. The highest BCUT2D eigenvalue weighted by Gasteiger charge is 2.33. The zero-order valence-electron chi connectivity index (χ0n) is 21.2. The SMILES string of the molecule is CC(C)C[C@H](NC(=O)c1cc2ccccc2s1)C(=O)NC[C@H]1CN(S(=O)(=O)c2ccccc2C#N)CCO1. The van der Waals surface area contributed by atoms with Crippen LogP contribution in [-0.2, 0) is 19.6 Å². The first-order valence-electron chi connectivity index (χ1n) is 12.4. The number of morpholine rings is 1. The number of fused-ring (bicyclic) bond motifs is 1. The van der Waals surface area contributed by atoms with E-state index in [1.807, 2.05) is 50.2 Å². The van der Waals surface area contributed by atoms with E-state index in [2.05, 4.69) is 10.6 Å². The molecular weight excluding hydrogens is 524 g/mol. The molecule has 200 valence electrons. The van der Waals surface area contributed by atoms with Gasteiger partial charge >= 0.3 is 0 Å². The van der Waals surface area contributed by atoms with Crippen LogP contribution in [0.3, 0.4) is 0 Å². The first-order valence-corrected chi connectivity index (χ1v) is 14.6. The lowest BCUT2D eigenvalue weighted by molar-refractivity contribution is -0.124. The number of ether oxygens (including phenoxy) is 1. The van der Waals surface area contributed by atoms with Gasteiger partial charge < -0.3 is 15.4 Å². The summed E-state index contributed by atoms with van der Waals surface area (Å²) in [4.78, 5) is 26.5. The quantitative estimate of drug-likeness (QED) is 0.418. The fourth-order valence-corrected chi connectivity index (χ4v) is 6.88. The van der Waals surface area contributed by atoms with Gasteiger partial charge in [-0.2, -0.15) is 9.57 Å². The third-order valence-corrected chi connectivity index (χ3v) is 9.25. The van der Waals surface area contributed by atoms with Crippen molar-refractivity contribution in [1.82, 2.24) is 14.9 Å². The highest BCUT2D eigenvalue weighted by Crippen LogP contribution is 2.25. The largest absolute Gasteiger partial charge is 0.374 e. The molecule has 3 aromatic rings. The van der Waals surface area contributed by atoms with Crippen LogP contribution in [0, 0.1) is 17.2 Å². The summed E-state index contributed by atoms with van der Waals surface area (Å²) in [6.07, 6.45) is -0.130. The van der Waals surface area contributed by atoms with Crippen molar-refractivity contribution in [3.05, 3.63) is 65.0 Å². The molecule has 1 saturated heterocycles. The Hall–Kier alpha value is -3.30. The summed E-state index contributed by atoms with van der Waals surface area (Å²) in [5.74, 6) is -0.513. The molecular formula is C27H30N4O5S2. The van der Waals surface area contributed by atoms with Crippen molar-refractivity contribution in [1.29, 1.82) is 5.26 Å². The molecule has 9 nitrogen and oxygen atoms in total. The number of hydrogen-bond acceptors (Lipinski definition) is 7. The van der Waals surface area contributed by atoms with Crippen LogP contribution in [0.1, 0.15) is 35.5 Å². The maximum Gasteiger partial charge on any atom is 0.262 e. The first-order chi connectivity index (χ1) is 18.2. The van der Waals surface area contributed by atoms with Crippen molar-refractivity contribution in [3.63, 3.8) is 0 Å². The number of nitrogens with zero attached hydrogens (tertiary/aromatic N) is 2. The lowest BCUT2D eigenvalue weighted by Gasteiger charge is -2.32. The second kappa shape index (κ2) is 12.0.